The third-order valence-electron chi connectivity index (χ3n) is 3.62. The number of ether oxygens (including phenoxy) is 1. The van der Waals surface area contributed by atoms with Crippen LogP contribution in [0.15, 0.2) is 48.9 Å². The van der Waals surface area contributed by atoms with Gasteiger partial charge in [0, 0.05) is 18.3 Å². The molecule has 0 saturated carbocycles. The Kier molecular flexibility index (Phi) is 3.92. The van der Waals surface area contributed by atoms with Crippen LogP contribution in [0.2, 0.25) is 0 Å². The molecule has 3 rings (SSSR count). The van der Waals surface area contributed by atoms with E-state index in [1.807, 2.05) is 29.2 Å². The minimum absolute atomic E-state index is 0.154. The Morgan fingerprint density at radius 2 is 2.10 bits per heavy atom. The predicted octanol–water partition coefficient (Wildman–Crippen LogP) is 1.74. The number of nitrogens with one attached hydrogen (secondary N) is 2. The summed E-state index contributed by atoms with van der Waals surface area (Å²) in [5, 5.41) is 6.01. The monoisotopic (exact) mass is 285 g/mol. The van der Waals surface area contributed by atoms with Crippen molar-refractivity contribution in [2.45, 2.75) is 18.9 Å². The Labute approximate surface area is 124 Å². The molecule has 0 atom stereocenters. The molecule has 0 radical (unpaired) electrons. The van der Waals surface area contributed by atoms with E-state index in [0.717, 1.165) is 37.4 Å². The van der Waals surface area contributed by atoms with E-state index in [-0.39, 0.29) is 12.0 Å². The minimum Gasteiger partial charge on any atom is -0.490 e. The molecule has 0 aromatic heterocycles. The molecule has 5 nitrogen and oxygen atoms in total. The second-order valence-corrected chi connectivity index (χ2v) is 5.19. The van der Waals surface area contributed by atoms with E-state index in [1.165, 1.54) is 6.08 Å². The molecule has 1 saturated heterocycles. The normalized spacial score (nSPS) is 19.5. The fourth-order valence-corrected chi connectivity index (χ4v) is 2.53. The van der Waals surface area contributed by atoms with Gasteiger partial charge in [-0.15, -0.1) is 0 Å². The smallest absolute Gasteiger partial charge is 0.250 e. The summed E-state index contributed by atoms with van der Waals surface area (Å²) in [6, 6.07) is 7.83. The molecule has 0 spiro atoms. The quantitative estimate of drug-likeness (QED) is 0.888. The lowest BCUT2D eigenvalue weighted by atomic mass is 10.1. The first kappa shape index (κ1) is 13.7. The summed E-state index contributed by atoms with van der Waals surface area (Å²) in [7, 11) is 0. The fourth-order valence-electron chi connectivity index (χ4n) is 2.53. The number of hydrogen-bond acceptors (Lipinski definition) is 4. The van der Waals surface area contributed by atoms with Crippen molar-refractivity contribution >= 4 is 11.6 Å². The maximum Gasteiger partial charge on any atom is 0.250 e. The molecule has 2 aliphatic heterocycles. The van der Waals surface area contributed by atoms with Crippen LogP contribution in [0.25, 0.3) is 0 Å². The minimum atomic E-state index is -0.154. The Morgan fingerprint density at radius 3 is 2.86 bits per heavy atom. The van der Waals surface area contributed by atoms with Crippen LogP contribution >= 0.6 is 0 Å². The summed E-state index contributed by atoms with van der Waals surface area (Å²) in [6.07, 6.45) is 5.51. The highest BCUT2D eigenvalue weighted by Gasteiger charge is 2.17. The second kappa shape index (κ2) is 6.01. The molecule has 21 heavy (non-hydrogen) atoms. The summed E-state index contributed by atoms with van der Waals surface area (Å²) >= 11 is 0. The second-order valence-electron chi connectivity index (χ2n) is 5.19. The molecule has 110 valence electrons. The van der Waals surface area contributed by atoms with Crippen LogP contribution in [0.4, 0.5) is 5.69 Å². The van der Waals surface area contributed by atoms with Gasteiger partial charge in [0.25, 0.3) is 5.91 Å². The molecule has 2 N–H and O–H groups in total. The Hall–Kier alpha value is -2.27. The largest absolute Gasteiger partial charge is 0.490 e. The van der Waals surface area contributed by atoms with Gasteiger partial charge in [0.05, 0.1) is 5.69 Å². The number of benzene rings is 1. The first-order valence-electron chi connectivity index (χ1n) is 7.17. The van der Waals surface area contributed by atoms with Crippen LogP contribution in [0.5, 0.6) is 5.75 Å². The van der Waals surface area contributed by atoms with Crippen molar-refractivity contribution in [2.75, 3.05) is 18.0 Å². The van der Waals surface area contributed by atoms with Crippen molar-refractivity contribution < 1.29 is 9.53 Å². The van der Waals surface area contributed by atoms with Crippen LogP contribution in [0, 0.1) is 0 Å². The zero-order valence-electron chi connectivity index (χ0n) is 11.8. The SMILES string of the molecule is C=C1NC(=O)C=CN1c1cccc(OC2CCNCC2)c1. The van der Waals surface area contributed by atoms with Gasteiger partial charge in [-0.3, -0.25) is 4.79 Å². The molecule has 1 amide bonds. The lowest BCUT2D eigenvalue weighted by molar-refractivity contribution is -0.116. The van der Waals surface area contributed by atoms with E-state index in [4.69, 9.17) is 4.74 Å². The summed E-state index contributed by atoms with van der Waals surface area (Å²) in [6.45, 7) is 5.87. The Morgan fingerprint density at radius 1 is 1.29 bits per heavy atom. The molecule has 2 heterocycles. The van der Waals surface area contributed by atoms with Gasteiger partial charge in [0.2, 0.25) is 0 Å². The molecule has 0 aliphatic carbocycles. The van der Waals surface area contributed by atoms with Crippen LogP contribution in [0.1, 0.15) is 12.8 Å². The van der Waals surface area contributed by atoms with Crippen molar-refractivity contribution in [3.63, 3.8) is 0 Å². The van der Waals surface area contributed by atoms with Crippen LogP contribution < -0.4 is 20.3 Å². The number of nitrogens with zero attached hydrogens (tertiary/aromatic N) is 1. The molecular weight excluding hydrogens is 266 g/mol. The van der Waals surface area contributed by atoms with Gasteiger partial charge in [0.15, 0.2) is 0 Å². The summed E-state index contributed by atoms with van der Waals surface area (Å²) < 4.78 is 6.04. The molecular formula is C16H19N3O2. The Bertz CT molecular complexity index is 577. The van der Waals surface area contributed by atoms with E-state index in [2.05, 4.69) is 17.2 Å². The molecule has 5 heteroatoms. The average Bonchev–Trinajstić information content (AvgIpc) is 2.48. The summed E-state index contributed by atoms with van der Waals surface area (Å²) in [5.74, 6) is 1.23. The van der Waals surface area contributed by atoms with Crippen molar-refractivity contribution in [3.05, 3.63) is 48.9 Å². The molecule has 1 fully saturated rings. The highest BCUT2D eigenvalue weighted by Crippen LogP contribution is 2.26. The number of amides is 1. The summed E-state index contributed by atoms with van der Waals surface area (Å²) in [4.78, 5) is 13.1. The third-order valence-corrected chi connectivity index (χ3v) is 3.62. The van der Waals surface area contributed by atoms with Gasteiger partial charge in [-0.25, -0.2) is 0 Å². The fraction of sp³-hybridized carbons (Fsp3) is 0.312. The number of anilines is 1. The molecule has 0 unspecified atom stereocenters. The number of piperidine rings is 1. The zero-order valence-corrected chi connectivity index (χ0v) is 11.8. The van der Waals surface area contributed by atoms with E-state index in [1.54, 1.807) is 6.20 Å². The van der Waals surface area contributed by atoms with Gasteiger partial charge in [-0.05, 0) is 38.1 Å². The maximum absolute atomic E-state index is 11.3. The van der Waals surface area contributed by atoms with Crippen LogP contribution in [-0.4, -0.2) is 25.1 Å². The van der Waals surface area contributed by atoms with Crippen LogP contribution in [0.3, 0.4) is 0 Å². The van der Waals surface area contributed by atoms with Crippen molar-refractivity contribution in [1.29, 1.82) is 0 Å². The van der Waals surface area contributed by atoms with Crippen molar-refractivity contribution in [2.24, 2.45) is 0 Å². The first-order valence-corrected chi connectivity index (χ1v) is 7.17. The van der Waals surface area contributed by atoms with Gasteiger partial charge in [0.1, 0.15) is 17.7 Å². The lowest BCUT2D eigenvalue weighted by Gasteiger charge is -2.27. The zero-order chi connectivity index (χ0) is 14.7. The number of hydrogen-bond donors (Lipinski definition) is 2. The standard InChI is InChI=1S/C16H19N3O2/c1-12-18-16(20)7-10-19(12)13-3-2-4-15(11-13)21-14-5-8-17-9-6-14/h2-4,7,10-11,14,17H,1,5-6,8-9H2,(H,18,20). The van der Waals surface area contributed by atoms with E-state index in [0.29, 0.717) is 5.82 Å². The lowest BCUT2D eigenvalue weighted by Crippen LogP contribution is -2.35. The van der Waals surface area contributed by atoms with Gasteiger partial charge in [-0.1, -0.05) is 12.6 Å². The number of rotatable bonds is 3. The van der Waals surface area contributed by atoms with E-state index < -0.39 is 0 Å². The van der Waals surface area contributed by atoms with Gasteiger partial charge >= 0.3 is 0 Å². The predicted molar refractivity (Wildman–Crippen MR) is 81.9 cm³/mol. The maximum atomic E-state index is 11.3. The van der Waals surface area contributed by atoms with Crippen molar-refractivity contribution in [3.8, 4) is 5.75 Å². The van der Waals surface area contributed by atoms with E-state index >= 15 is 0 Å². The molecule has 0 bridgehead atoms. The van der Waals surface area contributed by atoms with Gasteiger partial charge in [-0.2, -0.15) is 0 Å². The van der Waals surface area contributed by atoms with Crippen LogP contribution in [-0.2, 0) is 4.79 Å². The Balaban J connectivity index is 1.75. The van der Waals surface area contributed by atoms with Crippen molar-refractivity contribution in [1.82, 2.24) is 10.6 Å². The molecule has 1 aromatic carbocycles. The number of carbonyl (C=O) groups is 1. The molecule has 1 aromatic rings. The highest BCUT2D eigenvalue weighted by molar-refractivity contribution is 5.91. The van der Waals surface area contributed by atoms with Gasteiger partial charge < -0.3 is 20.3 Å². The highest BCUT2D eigenvalue weighted by atomic mass is 16.5. The first-order chi connectivity index (χ1) is 10.2. The summed E-state index contributed by atoms with van der Waals surface area (Å²) in [5.41, 5.74) is 0.919. The van der Waals surface area contributed by atoms with E-state index in [9.17, 15) is 4.79 Å². The average molecular weight is 285 g/mol. The number of carbonyl (C=O) groups excluding carboxylic acids is 1. The third kappa shape index (κ3) is 3.25. The topological polar surface area (TPSA) is 53.6 Å². The molecule has 2 aliphatic rings.